The number of ether oxygens (including phenoxy) is 1. The quantitative estimate of drug-likeness (QED) is 0.730. The van der Waals surface area contributed by atoms with Crippen LogP contribution in [0.5, 0.6) is 0 Å². The Morgan fingerprint density at radius 3 is 2.61 bits per heavy atom. The van der Waals surface area contributed by atoms with E-state index in [0.29, 0.717) is 12.3 Å². The Hall–Kier alpha value is -2.31. The summed E-state index contributed by atoms with van der Waals surface area (Å²) >= 11 is 0. The summed E-state index contributed by atoms with van der Waals surface area (Å²) in [5, 5.41) is 15.6. The first-order chi connectivity index (χ1) is 11.0. The number of amides is 2. The first kappa shape index (κ1) is 17.1. The van der Waals surface area contributed by atoms with Crippen LogP contribution in [0.3, 0.4) is 0 Å². The van der Waals surface area contributed by atoms with E-state index in [9.17, 15) is 9.90 Å². The predicted octanol–water partition coefficient (Wildman–Crippen LogP) is 2.17. The molecule has 124 valence electrons. The largest absolute Gasteiger partial charge is 0.466 e. The van der Waals surface area contributed by atoms with Gasteiger partial charge < -0.3 is 24.9 Å². The summed E-state index contributed by atoms with van der Waals surface area (Å²) in [6.07, 6.45) is 1.25. The highest BCUT2D eigenvalue weighted by Crippen LogP contribution is 2.19. The smallest absolute Gasteiger partial charge is 0.315 e. The van der Waals surface area contributed by atoms with E-state index in [0.717, 1.165) is 5.56 Å². The summed E-state index contributed by atoms with van der Waals surface area (Å²) in [6, 6.07) is 12.6. The van der Waals surface area contributed by atoms with Crippen LogP contribution in [0.2, 0.25) is 0 Å². The van der Waals surface area contributed by atoms with Gasteiger partial charge in [-0.15, -0.1) is 0 Å². The maximum absolute atomic E-state index is 11.9. The van der Waals surface area contributed by atoms with Crippen LogP contribution in [0.4, 0.5) is 4.79 Å². The fourth-order valence-electron chi connectivity index (χ4n) is 2.18. The zero-order valence-electron chi connectivity index (χ0n) is 13.3. The molecule has 23 heavy (non-hydrogen) atoms. The molecule has 0 spiro atoms. The second-order valence-corrected chi connectivity index (χ2v) is 5.45. The fourth-order valence-corrected chi connectivity index (χ4v) is 2.18. The lowest BCUT2D eigenvalue weighted by atomic mass is 10.0. The number of furan rings is 1. The highest BCUT2D eigenvalue weighted by molar-refractivity contribution is 5.73. The third kappa shape index (κ3) is 4.84. The minimum Gasteiger partial charge on any atom is -0.466 e. The summed E-state index contributed by atoms with van der Waals surface area (Å²) in [5.41, 5.74) is -0.279. The average Bonchev–Trinajstić information content (AvgIpc) is 3.10. The van der Waals surface area contributed by atoms with E-state index in [1.54, 1.807) is 26.2 Å². The highest BCUT2D eigenvalue weighted by Gasteiger charge is 2.26. The van der Waals surface area contributed by atoms with Crippen molar-refractivity contribution in [1.29, 1.82) is 0 Å². The standard InChI is InChI=1S/C17H22N2O4/c1-17(21,15-9-6-10-23-15)12-19-16(20)18-11-14(22-2)13-7-4-3-5-8-13/h3-10,14,21H,11-12H2,1-2H3,(H2,18,19,20). The first-order valence-corrected chi connectivity index (χ1v) is 7.39. The molecule has 2 atom stereocenters. The van der Waals surface area contributed by atoms with Crippen LogP contribution in [-0.4, -0.2) is 31.3 Å². The van der Waals surface area contributed by atoms with Gasteiger partial charge in [0.1, 0.15) is 11.4 Å². The fraction of sp³-hybridized carbons (Fsp3) is 0.353. The van der Waals surface area contributed by atoms with Gasteiger partial charge in [0, 0.05) is 13.7 Å². The molecule has 0 aliphatic heterocycles. The molecule has 0 aliphatic rings. The number of rotatable bonds is 7. The Kier molecular flexibility index (Phi) is 5.78. The first-order valence-electron chi connectivity index (χ1n) is 7.39. The van der Waals surface area contributed by atoms with Crippen LogP contribution in [-0.2, 0) is 10.3 Å². The summed E-state index contributed by atoms with van der Waals surface area (Å²) < 4.78 is 10.5. The molecule has 3 N–H and O–H groups in total. The molecule has 1 aromatic heterocycles. The molecule has 6 nitrogen and oxygen atoms in total. The zero-order valence-corrected chi connectivity index (χ0v) is 13.3. The van der Waals surface area contributed by atoms with Gasteiger partial charge in [-0.2, -0.15) is 0 Å². The van der Waals surface area contributed by atoms with Crippen LogP contribution >= 0.6 is 0 Å². The molecular weight excluding hydrogens is 296 g/mol. The van der Waals surface area contributed by atoms with Gasteiger partial charge in [0.2, 0.25) is 0 Å². The molecule has 2 aromatic rings. The average molecular weight is 318 g/mol. The summed E-state index contributed by atoms with van der Waals surface area (Å²) in [4.78, 5) is 11.9. The molecular formula is C17H22N2O4. The topological polar surface area (TPSA) is 83.7 Å². The summed E-state index contributed by atoms with van der Waals surface area (Å²) in [5.74, 6) is 0.400. The van der Waals surface area contributed by atoms with E-state index in [2.05, 4.69) is 10.6 Å². The van der Waals surface area contributed by atoms with Crippen LogP contribution < -0.4 is 10.6 Å². The van der Waals surface area contributed by atoms with Crippen molar-refractivity contribution < 1.29 is 19.1 Å². The van der Waals surface area contributed by atoms with Crippen LogP contribution in [0.25, 0.3) is 0 Å². The minimum absolute atomic E-state index is 0.0370. The Morgan fingerprint density at radius 1 is 1.26 bits per heavy atom. The van der Waals surface area contributed by atoms with Gasteiger partial charge in [-0.3, -0.25) is 0 Å². The third-order valence-corrected chi connectivity index (χ3v) is 3.55. The summed E-state index contributed by atoms with van der Waals surface area (Å²) in [6.45, 7) is 1.94. The molecule has 2 rings (SSSR count). The lowest BCUT2D eigenvalue weighted by Crippen LogP contribution is -2.44. The minimum atomic E-state index is -1.26. The Labute approximate surface area is 135 Å². The molecule has 0 saturated heterocycles. The Bertz CT molecular complexity index is 596. The lowest BCUT2D eigenvalue weighted by Gasteiger charge is -2.22. The number of methoxy groups -OCH3 is 1. The molecule has 1 heterocycles. The molecule has 0 aliphatic carbocycles. The molecule has 6 heteroatoms. The van der Waals surface area contributed by atoms with Crippen molar-refractivity contribution in [3.8, 4) is 0 Å². The van der Waals surface area contributed by atoms with E-state index >= 15 is 0 Å². The van der Waals surface area contributed by atoms with Crippen LogP contribution in [0, 0.1) is 0 Å². The number of benzene rings is 1. The maximum Gasteiger partial charge on any atom is 0.315 e. The number of carbonyl (C=O) groups is 1. The molecule has 0 fully saturated rings. The van der Waals surface area contributed by atoms with Gasteiger partial charge >= 0.3 is 6.03 Å². The van der Waals surface area contributed by atoms with E-state index in [1.165, 1.54) is 6.26 Å². The second-order valence-electron chi connectivity index (χ2n) is 5.45. The van der Waals surface area contributed by atoms with Crippen molar-refractivity contribution in [3.63, 3.8) is 0 Å². The maximum atomic E-state index is 11.9. The summed E-state index contributed by atoms with van der Waals surface area (Å²) in [7, 11) is 1.60. The van der Waals surface area contributed by atoms with E-state index in [4.69, 9.17) is 9.15 Å². The van der Waals surface area contributed by atoms with Crippen molar-refractivity contribution in [3.05, 3.63) is 60.1 Å². The van der Waals surface area contributed by atoms with Crippen LogP contribution in [0.1, 0.15) is 24.4 Å². The number of nitrogens with one attached hydrogen (secondary N) is 2. The van der Waals surface area contributed by atoms with Gasteiger partial charge in [0.15, 0.2) is 0 Å². The Balaban J connectivity index is 1.81. The zero-order chi connectivity index (χ0) is 16.7. The Morgan fingerprint density at radius 2 is 2.00 bits per heavy atom. The molecule has 2 amide bonds. The number of hydrogen-bond acceptors (Lipinski definition) is 4. The van der Waals surface area contributed by atoms with Crippen molar-refractivity contribution in [1.82, 2.24) is 10.6 Å². The molecule has 0 radical (unpaired) electrons. The number of carbonyl (C=O) groups excluding carboxylic acids is 1. The third-order valence-electron chi connectivity index (χ3n) is 3.55. The van der Waals surface area contributed by atoms with Crippen LogP contribution in [0.15, 0.2) is 53.1 Å². The predicted molar refractivity (Wildman–Crippen MR) is 85.9 cm³/mol. The molecule has 2 unspecified atom stereocenters. The highest BCUT2D eigenvalue weighted by atomic mass is 16.5. The van der Waals surface area contributed by atoms with Gasteiger partial charge in [0.25, 0.3) is 0 Å². The van der Waals surface area contributed by atoms with E-state index < -0.39 is 5.60 Å². The lowest BCUT2D eigenvalue weighted by molar-refractivity contribution is 0.0365. The van der Waals surface area contributed by atoms with Crippen molar-refractivity contribution in [2.75, 3.05) is 20.2 Å². The van der Waals surface area contributed by atoms with Gasteiger partial charge in [0.05, 0.1) is 18.9 Å². The van der Waals surface area contributed by atoms with Crippen molar-refractivity contribution >= 4 is 6.03 Å². The van der Waals surface area contributed by atoms with Gasteiger partial charge in [-0.25, -0.2) is 4.79 Å². The van der Waals surface area contributed by atoms with Crippen molar-refractivity contribution in [2.24, 2.45) is 0 Å². The number of urea groups is 1. The normalized spacial score (nSPS) is 14.7. The van der Waals surface area contributed by atoms with E-state index in [-0.39, 0.29) is 18.7 Å². The monoisotopic (exact) mass is 318 g/mol. The SMILES string of the molecule is COC(CNC(=O)NCC(C)(O)c1ccco1)c1ccccc1. The van der Waals surface area contributed by atoms with Gasteiger partial charge in [-0.05, 0) is 24.6 Å². The van der Waals surface area contributed by atoms with Gasteiger partial charge in [-0.1, -0.05) is 30.3 Å². The molecule has 0 bridgehead atoms. The molecule has 0 saturated carbocycles. The molecule has 1 aromatic carbocycles. The number of hydrogen-bond donors (Lipinski definition) is 3. The number of aliphatic hydroxyl groups is 1. The van der Waals surface area contributed by atoms with Crippen molar-refractivity contribution in [2.45, 2.75) is 18.6 Å². The second kappa shape index (κ2) is 7.80. The van der Waals surface area contributed by atoms with E-state index in [1.807, 2.05) is 30.3 Å².